The molecule has 0 aromatic rings. The van der Waals surface area contributed by atoms with Gasteiger partial charge in [-0.1, -0.05) is 87.0 Å². The number of hydrogen-bond donors (Lipinski definition) is 0. The molecule has 0 amide bonds. The first kappa shape index (κ1) is 28.5. The van der Waals surface area contributed by atoms with Gasteiger partial charge in [0.15, 0.2) is 0 Å². The fourth-order valence-corrected chi connectivity index (χ4v) is 2.96. The molecule has 30 heavy (non-hydrogen) atoms. The number of rotatable bonds is 15. The van der Waals surface area contributed by atoms with E-state index in [0.717, 1.165) is 51.4 Å². The van der Waals surface area contributed by atoms with Crippen molar-refractivity contribution in [3.63, 3.8) is 0 Å². The summed E-state index contributed by atoms with van der Waals surface area (Å²) in [7, 11) is 0. The van der Waals surface area contributed by atoms with E-state index >= 15 is 0 Å². The molecule has 6 nitrogen and oxygen atoms in total. The molecule has 0 N–H and O–H groups in total. The summed E-state index contributed by atoms with van der Waals surface area (Å²) in [6, 6.07) is 0. The molecule has 0 aliphatic carbocycles. The van der Waals surface area contributed by atoms with Crippen LogP contribution < -0.4 is 0 Å². The van der Waals surface area contributed by atoms with Gasteiger partial charge in [-0.3, -0.25) is 0 Å². The first-order valence-corrected chi connectivity index (χ1v) is 11.8. The second-order valence-electron chi connectivity index (χ2n) is 9.24. The predicted molar refractivity (Wildman–Crippen MR) is 120 cm³/mol. The number of ether oxygens (including phenoxy) is 4. The summed E-state index contributed by atoms with van der Waals surface area (Å²) in [5, 5.41) is 0. The monoisotopic (exact) mass is 430 g/mol. The lowest BCUT2D eigenvalue weighted by molar-refractivity contribution is -0.0580. The highest BCUT2D eigenvalue weighted by molar-refractivity contribution is 5.61. The Hall–Kier alpha value is -1.46. The van der Waals surface area contributed by atoms with E-state index in [1.165, 1.54) is 0 Å². The van der Waals surface area contributed by atoms with Gasteiger partial charge in [0.25, 0.3) is 0 Å². The minimum Gasteiger partial charge on any atom is -0.434 e. The van der Waals surface area contributed by atoms with Crippen LogP contribution in [0.15, 0.2) is 0 Å². The molecular formula is C24H46O6. The fourth-order valence-electron chi connectivity index (χ4n) is 2.96. The minimum atomic E-state index is -0.721. The van der Waals surface area contributed by atoms with Crippen LogP contribution in [0.25, 0.3) is 0 Å². The first-order chi connectivity index (χ1) is 14.2. The van der Waals surface area contributed by atoms with E-state index in [9.17, 15) is 9.59 Å². The van der Waals surface area contributed by atoms with Crippen LogP contribution in [0.3, 0.4) is 0 Å². The molecule has 3 unspecified atom stereocenters. The van der Waals surface area contributed by atoms with Gasteiger partial charge in [0.05, 0.1) is 13.2 Å². The predicted octanol–water partition coefficient (Wildman–Crippen LogP) is 7.14. The molecule has 6 heteroatoms. The Labute approximate surface area is 184 Å². The minimum absolute atomic E-state index is 0.0593. The van der Waals surface area contributed by atoms with Crippen molar-refractivity contribution >= 4 is 12.3 Å². The third kappa shape index (κ3) is 13.7. The number of carbonyl (C=O) groups excluding carboxylic acids is 2. The van der Waals surface area contributed by atoms with Crippen molar-refractivity contribution in [3.05, 3.63) is 0 Å². The number of hydrogen-bond acceptors (Lipinski definition) is 6. The van der Waals surface area contributed by atoms with Gasteiger partial charge < -0.3 is 18.9 Å². The highest BCUT2D eigenvalue weighted by Gasteiger charge is 2.31. The van der Waals surface area contributed by atoms with E-state index in [1.807, 2.05) is 20.8 Å². The summed E-state index contributed by atoms with van der Waals surface area (Å²) in [4.78, 5) is 24.2. The van der Waals surface area contributed by atoms with Crippen LogP contribution in [-0.2, 0) is 18.9 Å². The Bertz CT molecular complexity index is 457. The molecule has 0 radical (unpaired) electrons. The molecule has 0 aliphatic rings. The fraction of sp³-hybridized carbons (Fsp3) is 0.917. The largest absolute Gasteiger partial charge is 0.508 e. The molecule has 0 heterocycles. The Morgan fingerprint density at radius 1 is 0.700 bits per heavy atom. The zero-order valence-corrected chi connectivity index (χ0v) is 20.5. The highest BCUT2D eigenvalue weighted by atomic mass is 16.8. The Balaban J connectivity index is 4.48. The van der Waals surface area contributed by atoms with Gasteiger partial charge in [-0.25, -0.2) is 9.59 Å². The average molecular weight is 431 g/mol. The van der Waals surface area contributed by atoms with Crippen LogP contribution in [0.2, 0.25) is 0 Å². The summed E-state index contributed by atoms with van der Waals surface area (Å²) in [6.45, 7) is 14.9. The van der Waals surface area contributed by atoms with Crippen molar-refractivity contribution in [2.75, 3.05) is 19.8 Å². The van der Waals surface area contributed by atoms with E-state index in [0.29, 0.717) is 25.0 Å². The van der Waals surface area contributed by atoms with Gasteiger partial charge in [0.1, 0.15) is 12.7 Å². The van der Waals surface area contributed by atoms with Crippen molar-refractivity contribution in [3.8, 4) is 0 Å². The lowest BCUT2D eigenvalue weighted by Gasteiger charge is -2.29. The van der Waals surface area contributed by atoms with Crippen LogP contribution in [-0.4, -0.2) is 38.2 Å². The molecule has 0 saturated heterocycles. The molecule has 0 aromatic carbocycles. The van der Waals surface area contributed by atoms with E-state index in [1.54, 1.807) is 0 Å². The smallest absolute Gasteiger partial charge is 0.434 e. The van der Waals surface area contributed by atoms with Gasteiger partial charge in [-0.05, 0) is 24.7 Å². The van der Waals surface area contributed by atoms with E-state index in [-0.39, 0.29) is 6.61 Å². The topological polar surface area (TPSA) is 71.1 Å². The normalized spacial score (nSPS) is 14.5. The highest BCUT2D eigenvalue weighted by Crippen LogP contribution is 2.24. The van der Waals surface area contributed by atoms with Gasteiger partial charge in [-0.2, -0.15) is 0 Å². The maximum absolute atomic E-state index is 12.2. The molecule has 178 valence electrons. The molecule has 0 rings (SSSR count). The lowest BCUT2D eigenvalue weighted by atomic mass is 9.89. The van der Waals surface area contributed by atoms with Crippen molar-refractivity contribution in [2.45, 2.75) is 106 Å². The zero-order chi connectivity index (χ0) is 23.0. The standard InChI is InChI=1S/C24H46O6/c1-8-12-14-19(10-3)16-27-22(25)29-18-21(24(5,6)7)30-23(26)28-17-20(11-4)15-13-9-2/h19-21H,8-18H2,1-7H3. The van der Waals surface area contributed by atoms with Crippen molar-refractivity contribution in [1.82, 2.24) is 0 Å². The zero-order valence-electron chi connectivity index (χ0n) is 20.5. The molecule has 0 saturated carbocycles. The quantitative estimate of drug-likeness (QED) is 0.257. The van der Waals surface area contributed by atoms with Gasteiger partial charge >= 0.3 is 12.3 Å². The summed E-state index contributed by atoms with van der Waals surface area (Å²) in [5.74, 6) is 0.692. The average Bonchev–Trinajstić information content (AvgIpc) is 2.70. The van der Waals surface area contributed by atoms with Gasteiger partial charge in [0, 0.05) is 5.41 Å². The summed E-state index contributed by atoms with van der Waals surface area (Å²) in [5.41, 5.74) is -0.404. The van der Waals surface area contributed by atoms with Crippen LogP contribution in [0.4, 0.5) is 9.59 Å². The second-order valence-corrected chi connectivity index (χ2v) is 9.24. The molecular weight excluding hydrogens is 384 g/mol. The second kappa shape index (κ2) is 16.3. The summed E-state index contributed by atoms with van der Waals surface area (Å²) in [6.07, 6.45) is 6.43. The van der Waals surface area contributed by atoms with Crippen molar-refractivity contribution < 1.29 is 28.5 Å². The Kier molecular flexibility index (Phi) is 15.5. The van der Waals surface area contributed by atoms with Crippen LogP contribution >= 0.6 is 0 Å². The van der Waals surface area contributed by atoms with Crippen LogP contribution in [0.5, 0.6) is 0 Å². The maximum atomic E-state index is 12.2. The Morgan fingerprint density at radius 3 is 1.53 bits per heavy atom. The Morgan fingerprint density at radius 2 is 1.13 bits per heavy atom. The third-order valence-corrected chi connectivity index (χ3v) is 5.52. The SMILES string of the molecule is CCCCC(CC)COC(=O)OCC(OC(=O)OCC(CC)CCCC)C(C)(C)C. The summed E-state index contributed by atoms with van der Waals surface area (Å²) >= 11 is 0. The molecule has 0 fully saturated rings. The molecule has 0 bridgehead atoms. The van der Waals surface area contributed by atoms with Crippen LogP contribution in [0.1, 0.15) is 99.8 Å². The molecule has 0 spiro atoms. The van der Waals surface area contributed by atoms with Crippen molar-refractivity contribution in [1.29, 1.82) is 0 Å². The summed E-state index contributed by atoms with van der Waals surface area (Å²) < 4.78 is 21.3. The van der Waals surface area contributed by atoms with E-state index in [4.69, 9.17) is 18.9 Å². The number of carbonyl (C=O) groups is 2. The third-order valence-electron chi connectivity index (χ3n) is 5.52. The van der Waals surface area contributed by atoms with Crippen molar-refractivity contribution in [2.24, 2.45) is 17.3 Å². The lowest BCUT2D eigenvalue weighted by Crippen LogP contribution is -2.37. The molecule has 3 atom stereocenters. The van der Waals surface area contributed by atoms with Gasteiger partial charge in [0.2, 0.25) is 0 Å². The molecule has 0 aliphatic heterocycles. The van der Waals surface area contributed by atoms with Gasteiger partial charge in [-0.15, -0.1) is 0 Å². The number of unbranched alkanes of at least 4 members (excludes halogenated alkanes) is 2. The molecule has 0 aromatic heterocycles. The van der Waals surface area contributed by atoms with E-state index in [2.05, 4.69) is 27.7 Å². The maximum Gasteiger partial charge on any atom is 0.508 e. The first-order valence-electron chi connectivity index (χ1n) is 11.8. The van der Waals surface area contributed by atoms with E-state index < -0.39 is 23.8 Å². The van der Waals surface area contributed by atoms with Crippen LogP contribution in [0, 0.1) is 17.3 Å².